The maximum absolute atomic E-state index is 8.69. The van der Waals surface area contributed by atoms with Gasteiger partial charge in [-0.1, -0.05) is 6.08 Å². The summed E-state index contributed by atoms with van der Waals surface area (Å²) in [5, 5.41) is 17.2. The van der Waals surface area contributed by atoms with Crippen molar-refractivity contribution in [1.29, 1.82) is 0 Å². The molecule has 0 aliphatic rings. The summed E-state index contributed by atoms with van der Waals surface area (Å²) < 4.78 is 0. The van der Waals surface area contributed by atoms with Crippen LogP contribution < -0.4 is 0 Å². The van der Waals surface area contributed by atoms with Crippen LogP contribution in [0.4, 0.5) is 0 Å². The molecule has 0 saturated carbocycles. The highest BCUT2D eigenvalue weighted by Gasteiger charge is 2.00. The van der Waals surface area contributed by atoms with Gasteiger partial charge in [-0.2, -0.15) is 0 Å². The highest BCUT2D eigenvalue weighted by Crippen LogP contribution is 1.94. The second kappa shape index (κ2) is 8.71. The summed E-state index contributed by atoms with van der Waals surface area (Å²) in [5.41, 5.74) is 0. The van der Waals surface area contributed by atoms with E-state index in [1.807, 2.05) is 6.08 Å². The third-order valence-corrected chi connectivity index (χ3v) is 1.69. The predicted octanol–water partition coefficient (Wildman–Crippen LogP) is 0.239. The maximum atomic E-state index is 8.69. The number of nitrogens with zero attached hydrogens (tertiary/aromatic N) is 1. The molecule has 0 atom stereocenters. The first kappa shape index (κ1) is 11.6. The Kier molecular flexibility index (Phi) is 8.44. The number of aliphatic hydroxyl groups is 2. The summed E-state index contributed by atoms with van der Waals surface area (Å²) in [6.07, 6.45) is 3.64. The Labute approximate surface area is 74.3 Å². The Morgan fingerprint density at radius 2 is 1.83 bits per heavy atom. The quantitative estimate of drug-likeness (QED) is 0.408. The number of rotatable bonds is 8. The van der Waals surface area contributed by atoms with Crippen molar-refractivity contribution in [3.8, 4) is 0 Å². The van der Waals surface area contributed by atoms with Crippen LogP contribution in [0.1, 0.15) is 12.8 Å². The van der Waals surface area contributed by atoms with E-state index in [4.69, 9.17) is 10.2 Å². The van der Waals surface area contributed by atoms with Crippen LogP contribution >= 0.6 is 0 Å². The molecule has 0 saturated heterocycles. The molecule has 3 nitrogen and oxygen atoms in total. The lowest BCUT2D eigenvalue weighted by atomic mass is 10.3. The first-order valence-electron chi connectivity index (χ1n) is 4.40. The molecule has 0 amide bonds. The molecule has 3 heteroatoms. The van der Waals surface area contributed by atoms with Gasteiger partial charge in [0.15, 0.2) is 0 Å². The average molecular weight is 173 g/mol. The summed E-state index contributed by atoms with van der Waals surface area (Å²) in [5.74, 6) is 0. The van der Waals surface area contributed by atoms with E-state index in [1.165, 1.54) is 0 Å². The first-order chi connectivity index (χ1) is 5.85. The SMILES string of the molecule is C=CCN(CCO)CCCCO. The molecular formula is C9H19NO2. The second-order valence-corrected chi connectivity index (χ2v) is 2.74. The molecule has 0 unspecified atom stereocenters. The van der Waals surface area contributed by atoms with E-state index in [-0.39, 0.29) is 13.2 Å². The molecule has 0 spiro atoms. The van der Waals surface area contributed by atoms with Gasteiger partial charge in [0, 0.05) is 19.7 Å². The van der Waals surface area contributed by atoms with Gasteiger partial charge in [0.25, 0.3) is 0 Å². The van der Waals surface area contributed by atoms with Gasteiger partial charge in [0.05, 0.1) is 6.61 Å². The van der Waals surface area contributed by atoms with Crippen molar-refractivity contribution < 1.29 is 10.2 Å². The van der Waals surface area contributed by atoms with Crippen molar-refractivity contribution in [2.75, 3.05) is 32.8 Å². The van der Waals surface area contributed by atoms with Gasteiger partial charge >= 0.3 is 0 Å². The van der Waals surface area contributed by atoms with E-state index in [2.05, 4.69) is 11.5 Å². The van der Waals surface area contributed by atoms with Crippen molar-refractivity contribution in [2.45, 2.75) is 12.8 Å². The average Bonchev–Trinajstić information content (AvgIpc) is 2.06. The van der Waals surface area contributed by atoms with Crippen molar-refractivity contribution in [3.05, 3.63) is 12.7 Å². The van der Waals surface area contributed by atoms with E-state index < -0.39 is 0 Å². The van der Waals surface area contributed by atoms with Gasteiger partial charge in [-0.3, -0.25) is 4.90 Å². The van der Waals surface area contributed by atoms with Crippen LogP contribution in [0.2, 0.25) is 0 Å². The molecule has 0 fully saturated rings. The minimum atomic E-state index is 0.187. The van der Waals surface area contributed by atoms with Crippen molar-refractivity contribution in [3.63, 3.8) is 0 Å². The Hall–Kier alpha value is -0.380. The van der Waals surface area contributed by atoms with Crippen LogP contribution in [0.25, 0.3) is 0 Å². The van der Waals surface area contributed by atoms with E-state index in [9.17, 15) is 0 Å². The Bertz CT molecular complexity index is 107. The zero-order chi connectivity index (χ0) is 9.23. The van der Waals surface area contributed by atoms with Crippen LogP contribution in [-0.2, 0) is 0 Å². The number of hydrogen-bond donors (Lipinski definition) is 2. The highest BCUT2D eigenvalue weighted by molar-refractivity contribution is 4.73. The van der Waals surface area contributed by atoms with Gasteiger partial charge in [-0.05, 0) is 19.4 Å². The van der Waals surface area contributed by atoms with Crippen molar-refractivity contribution in [2.24, 2.45) is 0 Å². The number of aliphatic hydroxyl groups excluding tert-OH is 2. The molecule has 12 heavy (non-hydrogen) atoms. The summed E-state index contributed by atoms with van der Waals surface area (Å²) in [6.45, 7) is 6.50. The van der Waals surface area contributed by atoms with Crippen molar-refractivity contribution >= 4 is 0 Å². The van der Waals surface area contributed by atoms with Crippen LogP contribution in [0.15, 0.2) is 12.7 Å². The fourth-order valence-electron chi connectivity index (χ4n) is 1.07. The molecule has 2 N–H and O–H groups in total. The van der Waals surface area contributed by atoms with Crippen LogP contribution in [-0.4, -0.2) is 48.0 Å². The van der Waals surface area contributed by atoms with Gasteiger partial charge < -0.3 is 10.2 Å². The van der Waals surface area contributed by atoms with E-state index in [0.29, 0.717) is 6.54 Å². The van der Waals surface area contributed by atoms with Crippen LogP contribution in [0.3, 0.4) is 0 Å². The minimum absolute atomic E-state index is 0.187. The van der Waals surface area contributed by atoms with Crippen molar-refractivity contribution in [1.82, 2.24) is 4.90 Å². The Morgan fingerprint density at radius 3 is 2.33 bits per heavy atom. The lowest BCUT2D eigenvalue weighted by Gasteiger charge is -2.18. The van der Waals surface area contributed by atoms with E-state index >= 15 is 0 Å². The third-order valence-electron chi connectivity index (χ3n) is 1.69. The van der Waals surface area contributed by atoms with Gasteiger partial charge in [0.1, 0.15) is 0 Å². The van der Waals surface area contributed by atoms with E-state index in [0.717, 1.165) is 25.9 Å². The second-order valence-electron chi connectivity index (χ2n) is 2.74. The van der Waals surface area contributed by atoms with Crippen LogP contribution in [0.5, 0.6) is 0 Å². The molecule has 0 bridgehead atoms. The van der Waals surface area contributed by atoms with Gasteiger partial charge in [-0.25, -0.2) is 0 Å². The lowest BCUT2D eigenvalue weighted by molar-refractivity contribution is 0.200. The highest BCUT2D eigenvalue weighted by atomic mass is 16.3. The zero-order valence-electron chi connectivity index (χ0n) is 7.58. The van der Waals surface area contributed by atoms with Gasteiger partial charge in [0.2, 0.25) is 0 Å². The first-order valence-corrected chi connectivity index (χ1v) is 4.40. The molecule has 0 aromatic rings. The summed E-state index contributed by atoms with van der Waals surface area (Å²) in [4.78, 5) is 2.11. The lowest BCUT2D eigenvalue weighted by Crippen LogP contribution is -2.28. The summed E-state index contributed by atoms with van der Waals surface area (Å²) in [6, 6.07) is 0. The molecule has 72 valence electrons. The van der Waals surface area contributed by atoms with Gasteiger partial charge in [-0.15, -0.1) is 6.58 Å². The molecule has 0 aliphatic heterocycles. The molecule has 0 aliphatic carbocycles. The van der Waals surface area contributed by atoms with E-state index in [1.54, 1.807) is 0 Å². The standard InChI is InChI=1S/C9H19NO2/c1-2-5-10(7-9-12)6-3-4-8-11/h2,11-12H,1,3-9H2. The largest absolute Gasteiger partial charge is 0.396 e. The zero-order valence-corrected chi connectivity index (χ0v) is 7.58. The number of unbranched alkanes of at least 4 members (excludes halogenated alkanes) is 1. The third kappa shape index (κ3) is 6.34. The Balaban J connectivity index is 3.40. The Morgan fingerprint density at radius 1 is 1.08 bits per heavy atom. The molecule has 0 rings (SSSR count). The minimum Gasteiger partial charge on any atom is -0.396 e. The molecular weight excluding hydrogens is 154 g/mol. The summed E-state index contributed by atoms with van der Waals surface area (Å²) >= 11 is 0. The fourth-order valence-corrected chi connectivity index (χ4v) is 1.07. The van der Waals surface area contributed by atoms with Crippen LogP contribution in [0, 0.1) is 0 Å². The smallest absolute Gasteiger partial charge is 0.0558 e. The number of hydrogen-bond acceptors (Lipinski definition) is 3. The normalized spacial score (nSPS) is 10.6. The monoisotopic (exact) mass is 173 g/mol. The fraction of sp³-hybridized carbons (Fsp3) is 0.778. The summed E-state index contributed by atoms with van der Waals surface area (Å²) in [7, 11) is 0. The molecule has 0 radical (unpaired) electrons. The molecule has 0 aromatic heterocycles. The molecule has 0 heterocycles. The maximum Gasteiger partial charge on any atom is 0.0558 e. The predicted molar refractivity (Wildman–Crippen MR) is 50.0 cm³/mol. The topological polar surface area (TPSA) is 43.7 Å². The molecule has 0 aromatic carbocycles.